The summed E-state index contributed by atoms with van der Waals surface area (Å²) >= 11 is 0. The molecule has 52 valence electrons. The summed E-state index contributed by atoms with van der Waals surface area (Å²) in [5.41, 5.74) is 0. The van der Waals surface area contributed by atoms with E-state index in [2.05, 4.69) is 5.32 Å². The van der Waals surface area contributed by atoms with Crippen molar-refractivity contribution in [2.24, 2.45) is 0 Å². The molecule has 0 spiro atoms. The Hall–Kier alpha value is -0.0551. The topological polar surface area (TPSA) is 52.5 Å². The van der Waals surface area contributed by atoms with Gasteiger partial charge in [-0.3, -0.25) is 0 Å². The van der Waals surface area contributed by atoms with Crippen LogP contribution in [0.3, 0.4) is 0 Å². The van der Waals surface area contributed by atoms with Gasteiger partial charge in [0.15, 0.2) is 0 Å². The quantitative estimate of drug-likeness (QED) is 0.428. The fourth-order valence-electron chi connectivity index (χ4n) is 1.21. The van der Waals surface area contributed by atoms with Crippen LogP contribution in [0.15, 0.2) is 0 Å². The lowest BCUT2D eigenvalue weighted by Crippen LogP contribution is -2.27. The van der Waals surface area contributed by atoms with E-state index in [9.17, 15) is 0 Å². The molecule has 1 atom stereocenters. The van der Waals surface area contributed by atoms with Crippen LogP contribution in [-0.2, 0) is 0 Å². The first-order chi connectivity index (χ1) is 4.29. The third-order valence-electron chi connectivity index (χ3n) is 1.66. The number of rotatable bonds is 2. The summed E-state index contributed by atoms with van der Waals surface area (Å²) in [6.45, 7) is 1.03. The fraction of sp³-hybridized carbons (Fsp3) is 1.00. The first-order valence-corrected chi connectivity index (χ1v) is 3.38. The van der Waals surface area contributed by atoms with Gasteiger partial charge in [0, 0.05) is 6.04 Å². The molecule has 1 aliphatic rings. The Balaban J connectivity index is 2.11. The van der Waals surface area contributed by atoms with E-state index < -0.39 is 7.12 Å². The van der Waals surface area contributed by atoms with Crippen molar-refractivity contribution in [3.63, 3.8) is 0 Å². The first kappa shape index (κ1) is 7.06. The maximum atomic E-state index is 8.53. The highest BCUT2D eigenvalue weighted by Crippen LogP contribution is 2.09. The SMILES string of the molecule is OB(O)C[C@@H]1CCCN1. The van der Waals surface area contributed by atoms with Gasteiger partial charge >= 0.3 is 7.12 Å². The Morgan fingerprint density at radius 2 is 2.33 bits per heavy atom. The van der Waals surface area contributed by atoms with E-state index in [4.69, 9.17) is 10.0 Å². The summed E-state index contributed by atoms with van der Waals surface area (Å²) < 4.78 is 0. The predicted molar refractivity (Wildman–Crippen MR) is 36.0 cm³/mol. The van der Waals surface area contributed by atoms with Crippen LogP contribution >= 0.6 is 0 Å². The van der Waals surface area contributed by atoms with Gasteiger partial charge in [-0.2, -0.15) is 0 Å². The monoisotopic (exact) mass is 129 g/mol. The molecule has 1 saturated heterocycles. The smallest absolute Gasteiger partial charge is 0.427 e. The van der Waals surface area contributed by atoms with E-state index in [0.717, 1.165) is 19.4 Å². The molecule has 9 heavy (non-hydrogen) atoms. The van der Waals surface area contributed by atoms with Crippen LogP contribution in [0.25, 0.3) is 0 Å². The van der Waals surface area contributed by atoms with E-state index in [0.29, 0.717) is 12.4 Å². The molecule has 0 amide bonds. The second-order valence-electron chi connectivity index (χ2n) is 2.51. The van der Waals surface area contributed by atoms with Gasteiger partial charge in [0.1, 0.15) is 0 Å². The highest BCUT2D eigenvalue weighted by atomic mass is 16.4. The molecular formula is C5H12BNO2. The van der Waals surface area contributed by atoms with Crippen molar-refractivity contribution in [1.82, 2.24) is 5.32 Å². The summed E-state index contributed by atoms with van der Waals surface area (Å²) in [6, 6.07) is 0.338. The van der Waals surface area contributed by atoms with E-state index in [-0.39, 0.29) is 0 Å². The van der Waals surface area contributed by atoms with Crippen molar-refractivity contribution >= 4 is 7.12 Å². The summed E-state index contributed by atoms with van der Waals surface area (Å²) in [5.74, 6) is 0. The van der Waals surface area contributed by atoms with Crippen LogP contribution in [0.1, 0.15) is 12.8 Å². The van der Waals surface area contributed by atoms with E-state index in [1.165, 1.54) is 0 Å². The van der Waals surface area contributed by atoms with Crippen molar-refractivity contribution in [3.8, 4) is 0 Å². The molecule has 0 radical (unpaired) electrons. The van der Waals surface area contributed by atoms with Gasteiger partial charge < -0.3 is 15.4 Å². The van der Waals surface area contributed by atoms with Crippen LogP contribution in [-0.4, -0.2) is 29.8 Å². The van der Waals surface area contributed by atoms with Gasteiger partial charge in [-0.25, -0.2) is 0 Å². The Kier molecular flexibility index (Phi) is 2.51. The molecule has 1 heterocycles. The molecular weight excluding hydrogens is 117 g/mol. The molecule has 0 aromatic heterocycles. The van der Waals surface area contributed by atoms with Gasteiger partial charge in [0.05, 0.1) is 0 Å². The Morgan fingerprint density at radius 3 is 2.78 bits per heavy atom. The zero-order valence-corrected chi connectivity index (χ0v) is 5.38. The van der Waals surface area contributed by atoms with Crippen molar-refractivity contribution in [3.05, 3.63) is 0 Å². The van der Waals surface area contributed by atoms with Gasteiger partial charge in [0.25, 0.3) is 0 Å². The Bertz CT molecular complexity index is 83.0. The summed E-state index contributed by atoms with van der Waals surface area (Å²) in [6.07, 6.45) is 2.72. The lowest BCUT2D eigenvalue weighted by Gasteiger charge is -2.06. The molecule has 0 aliphatic carbocycles. The molecule has 1 fully saturated rings. The number of hydrogen-bond donors (Lipinski definition) is 3. The van der Waals surface area contributed by atoms with Gasteiger partial charge in [0.2, 0.25) is 0 Å². The summed E-state index contributed by atoms with van der Waals surface area (Å²) in [7, 11) is -1.14. The molecule has 0 aromatic carbocycles. The molecule has 0 bridgehead atoms. The largest absolute Gasteiger partial charge is 0.453 e. The van der Waals surface area contributed by atoms with Crippen molar-refractivity contribution in [2.75, 3.05) is 6.54 Å². The van der Waals surface area contributed by atoms with E-state index >= 15 is 0 Å². The average Bonchev–Trinajstić information content (AvgIpc) is 2.15. The van der Waals surface area contributed by atoms with Crippen LogP contribution in [0.4, 0.5) is 0 Å². The maximum Gasteiger partial charge on any atom is 0.453 e. The highest BCUT2D eigenvalue weighted by molar-refractivity contribution is 6.41. The lowest BCUT2D eigenvalue weighted by molar-refractivity contribution is 0.394. The summed E-state index contributed by atoms with van der Waals surface area (Å²) in [5, 5.41) is 20.2. The van der Waals surface area contributed by atoms with E-state index in [1.54, 1.807) is 0 Å². The van der Waals surface area contributed by atoms with Gasteiger partial charge in [-0.1, -0.05) is 0 Å². The highest BCUT2D eigenvalue weighted by Gasteiger charge is 2.19. The number of hydrogen-bond acceptors (Lipinski definition) is 3. The molecule has 3 nitrogen and oxygen atoms in total. The van der Waals surface area contributed by atoms with Crippen LogP contribution in [0.2, 0.25) is 6.32 Å². The molecule has 0 aromatic rings. The number of nitrogens with one attached hydrogen (secondary N) is 1. The second-order valence-corrected chi connectivity index (χ2v) is 2.51. The third kappa shape index (κ3) is 2.34. The Morgan fingerprint density at radius 1 is 1.56 bits per heavy atom. The first-order valence-electron chi connectivity index (χ1n) is 3.38. The third-order valence-corrected chi connectivity index (χ3v) is 1.66. The van der Waals surface area contributed by atoms with Crippen molar-refractivity contribution in [1.29, 1.82) is 0 Å². The minimum Gasteiger partial charge on any atom is -0.427 e. The molecule has 4 heteroatoms. The minimum absolute atomic E-state index is 0.338. The van der Waals surface area contributed by atoms with Crippen LogP contribution in [0.5, 0.6) is 0 Å². The zero-order chi connectivity index (χ0) is 6.69. The van der Waals surface area contributed by atoms with Crippen LogP contribution in [0, 0.1) is 0 Å². The van der Waals surface area contributed by atoms with Crippen LogP contribution < -0.4 is 5.32 Å². The van der Waals surface area contributed by atoms with Crippen molar-refractivity contribution < 1.29 is 10.0 Å². The maximum absolute atomic E-state index is 8.53. The van der Waals surface area contributed by atoms with Crippen molar-refractivity contribution in [2.45, 2.75) is 25.2 Å². The summed E-state index contributed by atoms with van der Waals surface area (Å²) in [4.78, 5) is 0. The standard InChI is InChI=1S/C5H12BNO2/c8-6(9)4-5-2-1-3-7-5/h5,7-9H,1-4H2/t5-/m0/s1. The molecule has 0 saturated carbocycles. The van der Waals surface area contributed by atoms with E-state index in [1.807, 2.05) is 0 Å². The van der Waals surface area contributed by atoms with Gasteiger partial charge in [-0.05, 0) is 25.7 Å². The molecule has 3 N–H and O–H groups in total. The molecule has 0 unspecified atom stereocenters. The van der Waals surface area contributed by atoms with Gasteiger partial charge in [-0.15, -0.1) is 0 Å². The molecule has 1 rings (SSSR count). The minimum atomic E-state index is -1.14. The molecule has 1 aliphatic heterocycles. The normalized spacial score (nSPS) is 26.7. The zero-order valence-electron chi connectivity index (χ0n) is 5.38. The lowest BCUT2D eigenvalue weighted by atomic mass is 9.81. The predicted octanol–water partition coefficient (Wildman–Crippen LogP) is -0.789. The Labute approximate surface area is 55.2 Å². The second kappa shape index (κ2) is 3.20. The average molecular weight is 129 g/mol. The fourth-order valence-corrected chi connectivity index (χ4v) is 1.21.